The van der Waals surface area contributed by atoms with Crippen LogP contribution in [-0.2, 0) is 6.18 Å². The molecule has 0 spiro atoms. The van der Waals surface area contributed by atoms with Gasteiger partial charge in [0.05, 0.1) is 11.3 Å². The average molecular weight is 381 g/mol. The van der Waals surface area contributed by atoms with E-state index >= 15 is 0 Å². The molecule has 0 bridgehead atoms. The Bertz CT molecular complexity index is 875. The number of para-hydroxylation sites is 1. The highest BCUT2D eigenvalue weighted by atomic mass is 19.4. The first-order chi connectivity index (χ1) is 12.7. The summed E-state index contributed by atoms with van der Waals surface area (Å²) in [5.74, 6) is -0.575. The molecular weight excluding hydrogens is 359 g/mol. The predicted octanol–water partition coefficient (Wildman–Crippen LogP) is 3.82. The lowest BCUT2D eigenvalue weighted by molar-refractivity contribution is -0.137. The van der Waals surface area contributed by atoms with Gasteiger partial charge >= 0.3 is 6.18 Å². The average Bonchev–Trinajstić information content (AvgIpc) is 2.61. The number of aromatic nitrogens is 2. The number of hydrogen-bond acceptors (Lipinski definition) is 3. The normalized spacial score (nSPS) is 11.5. The fourth-order valence-electron chi connectivity index (χ4n) is 2.74. The number of aryl methyl sites for hydroxylation is 1. The molecule has 5 nitrogen and oxygen atoms in total. The summed E-state index contributed by atoms with van der Waals surface area (Å²) in [7, 11) is 0. The van der Waals surface area contributed by atoms with Crippen LogP contribution in [0.4, 0.5) is 13.2 Å². The zero-order valence-corrected chi connectivity index (χ0v) is 15.5. The van der Waals surface area contributed by atoms with Crippen molar-refractivity contribution in [3.05, 3.63) is 57.5 Å². The molecule has 0 aliphatic carbocycles. The van der Waals surface area contributed by atoms with Crippen molar-refractivity contribution in [1.82, 2.24) is 14.7 Å². The monoisotopic (exact) mass is 381 g/mol. The molecular formula is C19H22F3N3O2. The Morgan fingerprint density at radius 1 is 1.22 bits per heavy atom. The fourth-order valence-corrected chi connectivity index (χ4v) is 2.74. The van der Waals surface area contributed by atoms with Gasteiger partial charge in [-0.3, -0.25) is 9.59 Å². The van der Waals surface area contributed by atoms with Crippen molar-refractivity contribution in [2.24, 2.45) is 0 Å². The molecule has 8 heteroatoms. The molecule has 1 aromatic carbocycles. The first kappa shape index (κ1) is 20.7. The third-order valence-corrected chi connectivity index (χ3v) is 4.20. The molecule has 146 valence electrons. The summed E-state index contributed by atoms with van der Waals surface area (Å²) in [6, 6.07) is 6.07. The molecule has 0 radical (unpaired) electrons. The van der Waals surface area contributed by atoms with E-state index < -0.39 is 23.1 Å². The zero-order valence-electron chi connectivity index (χ0n) is 15.5. The van der Waals surface area contributed by atoms with Crippen LogP contribution in [0.5, 0.6) is 0 Å². The second kappa shape index (κ2) is 8.37. The van der Waals surface area contributed by atoms with E-state index in [-0.39, 0.29) is 17.1 Å². The maximum atomic E-state index is 13.3. The minimum Gasteiger partial charge on any atom is -0.337 e. The van der Waals surface area contributed by atoms with Crippen molar-refractivity contribution < 1.29 is 18.0 Å². The highest BCUT2D eigenvalue weighted by Gasteiger charge is 2.34. The second-order valence-corrected chi connectivity index (χ2v) is 6.16. The number of hydrogen-bond donors (Lipinski definition) is 0. The molecule has 0 N–H and O–H groups in total. The van der Waals surface area contributed by atoms with Crippen molar-refractivity contribution in [3.8, 4) is 5.69 Å². The lowest BCUT2D eigenvalue weighted by Crippen LogP contribution is -2.37. The number of carbonyl (C=O) groups excluding carboxylic acids is 1. The van der Waals surface area contributed by atoms with Crippen molar-refractivity contribution in [2.45, 2.75) is 39.8 Å². The van der Waals surface area contributed by atoms with Gasteiger partial charge in [0.15, 0.2) is 5.69 Å². The van der Waals surface area contributed by atoms with Gasteiger partial charge in [0, 0.05) is 24.8 Å². The van der Waals surface area contributed by atoms with Crippen LogP contribution in [0.25, 0.3) is 5.69 Å². The van der Waals surface area contributed by atoms with Gasteiger partial charge in [0.2, 0.25) is 5.43 Å². The number of alkyl halides is 3. The van der Waals surface area contributed by atoms with Crippen molar-refractivity contribution in [2.75, 3.05) is 13.1 Å². The van der Waals surface area contributed by atoms with Crippen LogP contribution in [0.1, 0.15) is 48.4 Å². The number of halogens is 3. The van der Waals surface area contributed by atoms with Crippen molar-refractivity contribution in [1.29, 1.82) is 0 Å². The minimum absolute atomic E-state index is 0.213. The first-order valence-electron chi connectivity index (χ1n) is 8.77. The van der Waals surface area contributed by atoms with E-state index in [9.17, 15) is 22.8 Å². The molecule has 0 unspecified atom stereocenters. The Labute approximate surface area is 155 Å². The molecule has 0 saturated carbocycles. The molecule has 27 heavy (non-hydrogen) atoms. The van der Waals surface area contributed by atoms with Crippen LogP contribution < -0.4 is 5.43 Å². The maximum absolute atomic E-state index is 13.3. The largest absolute Gasteiger partial charge is 0.418 e. The Kier molecular flexibility index (Phi) is 6.41. The smallest absolute Gasteiger partial charge is 0.337 e. The quantitative estimate of drug-likeness (QED) is 0.764. The van der Waals surface area contributed by atoms with E-state index in [4.69, 9.17) is 0 Å². The van der Waals surface area contributed by atoms with Gasteiger partial charge in [-0.15, -0.1) is 0 Å². The lowest BCUT2D eigenvalue weighted by atomic mass is 10.1. The van der Waals surface area contributed by atoms with Crippen LogP contribution in [0.3, 0.4) is 0 Å². The van der Waals surface area contributed by atoms with E-state index in [0.29, 0.717) is 13.1 Å². The molecule has 1 aromatic heterocycles. The molecule has 2 rings (SSSR count). The summed E-state index contributed by atoms with van der Waals surface area (Å²) >= 11 is 0. The van der Waals surface area contributed by atoms with Gasteiger partial charge < -0.3 is 4.90 Å². The summed E-state index contributed by atoms with van der Waals surface area (Å²) in [4.78, 5) is 26.5. The summed E-state index contributed by atoms with van der Waals surface area (Å²) < 4.78 is 41.0. The van der Waals surface area contributed by atoms with E-state index in [2.05, 4.69) is 5.10 Å². The van der Waals surface area contributed by atoms with E-state index in [1.165, 1.54) is 30.0 Å². The summed E-state index contributed by atoms with van der Waals surface area (Å²) in [5, 5.41) is 4.01. The minimum atomic E-state index is -4.59. The van der Waals surface area contributed by atoms with Gasteiger partial charge in [-0.05, 0) is 32.4 Å². The Morgan fingerprint density at radius 2 is 1.89 bits per heavy atom. The molecule has 0 saturated heterocycles. The molecule has 0 aliphatic heterocycles. The number of nitrogens with zero attached hydrogens (tertiary/aromatic N) is 3. The molecule has 1 heterocycles. The maximum Gasteiger partial charge on any atom is 0.418 e. The Morgan fingerprint density at radius 3 is 2.48 bits per heavy atom. The van der Waals surface area contributed by atoms with Crippen LogP contribution in [0.15, 0.2) is 35.1 Å². The van der Waals surface area contributed by atoms with Gasteiger partial charge in [0.1, 0.15) is 0 Å². The summed E-state index contributed by atoms with van der Waals surface area (Å²) in [5.41, 5.74) is -1.89. The molecule has 2 aromatic rings. The number of benzene rings is 1. The second-order valence-electron chi connectivity index (χ2n) is 6.16. The SMILES string of the molecule is CCCCN(CC)C(=O)c1nn(-c2ccccc2C(F)(F)F)c(C)cc1=O. The van der Waals surface area contributed by atoms with Crippen LogP contribution in [0, 0.1) is 6.92 Å². The fraction of sp³-hybridized carbons (Fsp3) is 0.421. The standard InChI is InChI=1S/C19H22F3N3O2/c1-4-6-11-24(5-2)18(27)17-16(26)12-13(3)25(23-17)15-10-8-7-9-14(15)19(20,21)22/h7-10,12H,4-6,11H2,1-3H3. The van der Waals surface area contributed by atoms with Gasteiger partial charge in [-0.1, -0.05) is 25.5 Å². The molecule has 0 fully saturated rings. The molecule has 0 aliphatic rings. The van der Waals surface area contributed by atoms with Crippen LogP contribution in [-0.4, -0.2) is 33.7 Å². The first-order valence-corrected chi connectivity index (χ1v) is 8.77. The third kappa shape index (κ3) is 4.56. The van der Waals surface area contributed by atoms with Crippen molar-refractivity contribution >= 4 is 5.91 Å². The van der Waals surface area contributed by atoms with E-state index in [1.807, 2.05) is 6.92 Å². The van der Waals surface area contributed by atoms with Crippen LogP contribution >= 0.6 is 0 Å². The molecule has 0 atom stereocenters. The highest BCUT2D eigenvalue weighted by molar-refractivity contribution is 5.92. The predicted molar refractivity (Wildman–Crippen MR) is 96.1 cm³/mol. The van der Waals surface area contributed by atoms with Gasteiger partial charge in [-0.2, -0.15) is 18.3 Å². The van der Waals surface area contributed by atoms with E-state index in [0.717, 1.165) is 29.7 Å². The Hall–Kier alpha value is -2.64. The van der Waals surface area contributed by atoms with Crippen molar-refractivity contribution in [3.63, 3.8) is 0 Å². The summed E-state index contributed by atoms with van der Waals surface area (Å²) in [6.45, 7) is 6.07. The van der Waals surface area contributed by atoms with Crippen LogP contribution in [0.2, 0.25) is 0 Å². The van der Waals surface area contributed by atoms with E-state index in [1.54, 1.807) is 6.92 Å². The third-order valence-electron chi connectivity index (χ3n) is 4.20. The summed E-state index contributed by atoms with van der Waals surface area (Å²) in [6.07, 6.45) is -2.96. The highest BCUT2D eigenvalue weighted by Crippen LogP contribution is 2.33. The number of rotatable bonds is 6. The number of amides is 1. The number of carbonyl (C=O) groups is 1. The molecule has 1 amide bonds. The number of unbranched alkanes of at least 4 members (excludes halogenated alkanes) is 1. The van der Waals surface area contributed by atoms with Gasteiger partial charge in [-0.25, -0.2) is 4.68 Å². The van der Waals surface area contributed by atoms with Gasteiger partial charge in [0.25, 0.3) is 5.91 Å². The topological polar surface area (TPSA) is 55.2 Å². The lowest BCUT2D eigenvalue weighted by Gasteiger charge is -2.21. The zero-order chi connectivity index (χ0) is 20.2. The Balaban J connectivity index is 2.58.